The van der Waals surface area contributed by atoms with Crippen molar-refractivity contribution in [3.05, 3.63) is 12.0 Å². The average Bonchev–Trinajstić information content (AvgIpc) is 2.01. The second-order valence-electron chi connectivity index (χ2n) is 2.34. The molecule has 0 aromatic heterocycles. The van der Waals surface area contributed by atoms with Crippen molar-refractivity contribution in [2.75, 3.05) is 6.61 Å². The zero-order valence-electron chi connectivity index (χ0n) is 5.71. The van der Waals surface area contributed by atoms with Crippen molar-refractivity contribution in [3.8, 4) is 0 Å². The fourth-order valence-electron chi connectivity index (χ4n) is 0.837. The van der Waals surface area contributed by atoms with Crippen LogP contribution in [0.15, 0.2) is 12.0 Å². The Kier molecular flexibility index (Phi) is 2.33. The molecule has 3 atom stereocenters. The summed E-state index contributed by atoms with van der Waals surface area (Å²) >= 11 is 0. The zero-order chi connectivity index (χ0) is 8.43. The molecule has 4 N–H and O–H groups in total. The third-order valence-electron chi connectivity index (χ3n) is 1.55. The van der Waals surface area contributed by atoms with Crippen LogP contribution in [0.2, 0.25) is 0 Å². The molecule has 0 bridgehead atoms. The van der Waals surface area contributed by atoms with E-state index in [0.29, 0.717) is 0 Å². The van der Waals surface area contributed by atoms with Crippen molar-refractivity contribution in [1.82, 2.24) is 0 Å². The van der Waals surface area contributed by atoms with Gasteiger partial charge >= 0.3 is 0 Å². The summed E-state index contributed by atoms with van der Waals surface area (Å²) in [5, 5.41) is 35.4. The molecule has 5 heteroatoms. The SMILES string of the molecule is OC[C@@H]1OC=C(O)[C@H](O)[C@H]1O. The molecule has 11 heavy (non-hydrogen) atoms. The van der Waals surface area contributed by atoms with Crippen LogP contribution < -0.4 is 0 Å². The molecule has 0 aliphatic carbocycles. The van der Waals surface area contributed by atoms with Gasteiger partial charge in [0.15, 0.2) is 5.76 Å². The summed E-state index contributed by atoms with van der Waals surface area (Å²) < 4.78 is 4.65. The number of hydrogen-bond acceptors (Lipinski definition) is 5. The van der Waals surface area contributed by atoms with E-state index in [1.165, 1.54) is 0 Å². The largest absolute Gasteiger partial charge is 0.506 e. The minimum absolute atomic E-state index is 0.401. The molecule has 0 aromatic carbocycles. The monoisotopic (exact) mass is 162 g/mol. The summed E-state index contributed by atoms with van der Waals surface area (Å²) in [4.78, 5) is 0. The molecule has 0 aromatic rings. The van der Waals surface area contributed by atoms with E-state index in [1.807, 2.05) is 0 Å². The molecule has 1 aliphatic heterocycles. The van der Waals surface area contributed by atoms with Crippen LogP contribution in [0.1, 0.15) is 0 Å². The molecular formula is C6H10O5. The third kappa shape index (κ3) is 1.45. The number of hydrogen-bond donors (Lipinski definition) is 4. The Morgan fingerprint density at radius 1 is 1.45 bits per heavy atom. The van der Waals surface area contributed by atoms with Gasteiger partial charge in [0.05, 0.1) is 6.61 Å². The summed E-state index contributed by atoms with van der Waals surface area (Å²) in [5.74, 6) is -0.429. The van der Waals surface area contributed by atoms with Gasteiger partial charge in [0.25, 0.3) is 0 Å². The molecule has 0 fully saturated rings. The van der Waals surface area contributed by atoms with E-state index in [2.05, 4.69) is 4.74 Å². The van der Waals surface area contributed by atoms with Crippen LogP contribution in [-0.4, -0.2) is 45.3 Å². The zero-order valence-corrected chi connectivity index (χ0v) is 5.71. The Balaban J connectivity index is 2.68. The van der Waals surface area contributed by atoms with Crippen LogP contribution >= 0.6 is 0 Å². The highest BCUT2D eigenvalue weighted by molar-refractivity contribution is 5.03. The summed E-state index contributed by atoms with van der Waals surface area (Å²) in [5.41, 5.74) is 0. The van der Waals surface area contributed by atoms with E-state index < -0.39 is 30.7 Å². The topological polar surface area (TPSA) is 90.2 Å². The van der Waals surface area contributed by atoms with E-state index in [4.69, 9.17) is 20.4 Å². The Bertz CT molecular complexity index is 166. The molecule has 0 unspecified atom stereocenters. The van der Waals surface area contributed by atoms with Gasteiger partial charge in [-0.1, -0.05) is 0 Å². The van der Waals surface area contributed by atoms with Crippen LogP contribution in [0.4, 0.5) is 0 Å². The van der Waals surface area contributed by atoms with Crippen molar-refractivity contribution in [3.63, 3.8) is 0 Å². The predicted octanol–water partition coefficient (Wildman–Crippen LogP) is -1.50. The highest BCUT2D eigenvalue weighted by Gasteiger charge is 2.33. The Labute approximate surface area is 63.2 Å². The molecule has 0 amide bonds. The smallest absolute Gasteiger partial charge is 0.158 e. The van der Waals surface area contributed by atoms with Gasteiger partial charge in [0.1, 0.15) is 24.6 Å². The fraction of sp³-hybridized carbons (Fsp3) is 0.667. The van der Waals surface area contributed by atoms with Gasteiger partial charge in [-0.05, 0) is 0 Å². The highest BCUT2D eigenvalue weighted by atomic mass is 16.5. The summed E-state index contributed by atoms with van der Waals surface area (Å²) in [7, 11) is 0. The summed E-state index contributed by atoms with van der Waals surface area (Å²) in [6.07, 6.45) is -2.58. The van der Waals surface area contributed by atoms with Gasteiger partial charge in [0, 0.05) is 0 Å². The van der Waals surface area contributed by atoms with Gasteiger partial charge in [-0.15, -0.1) is 0 Å². The number of aliphatic hydroxyl groups excluding tert-OH is 4. The third-order valence-corrected chi connectivity index (χ3v) is 1.55. The van der Waals surface area contributed by atoms with Gasteiger partial charge in [-0.2, -0.15) is 0 Å². The number of aliphatic hydroxyl groups is 4. The first kappa shape index (κ1) is 8.32. The lowest BCUT2D eigenvalue weighted by Crippen LogP contribution is -2.44. The molecule has 0 radical (unpaired) electrons. The van der Waals surface area contributed by atoms with Gasteiger partial charge in [-0.25, -0.2) is 0 Å². The fourth-order valence-corrected chi connectivity index (χ4v) is 0.837. The maximum Gasteiger partial charge on any atom is 0.158 e. The lowest BCUT2D eigenvalue weighted by Gasteiger charge is -2.28. The van der Waals surface area contributed by atoms with Crippen LogP contribution in [-0.2, 0) is 4.74 Å². The maximum atomic E-state index is 9.07. The second-order valence-corrected chi connectivity index (χ2v) is 2.34. The Morgan fingerprint density at radius 2 is 2.09 bits per heavy atom. The van der Waals surface area contributed by atoms with Gasteiger partial charge in [-0.3, -0.25) is 0 Å². The molecule has 0 spiro atoms. The van der Waals surface area contributed by atoms with E-state index in [9.17, 15) is 0 Å². The molecule has 1 rings (SSSR count). The lowest BCUT2D eigenvalue weighted by molar-refractivity contribution is -0.101. The summed E-state index contributed by atoms with van der Waals surface area (Å²) in [6.45, 7) is -0.401. The van der Waals surface area contributed by atoms with Crippen LogP contribution in [0, 0.1) is 0 Å². The normalized spacial score (nSPS) is 37.7. The first-order valence-corrected chi connectivity index (χ1v) is 3.18. The predicted molar refractivity (Wildman–Crippen MR) is 34.7 cm³/mol. The van der Waals surface area contributed by atoms with Crippen LogP contribution in [0.3, 0.4) is 0 Å². The van der Waals surface area contributed by atoms with E-state index in [1.54, 1.807) is 0 Å². The van der Waals surface area contributed by atoms with E-state index >= 15 is 0 Å². The first-order chi connectivity index (χ1) is 5.16. The van der Waals surface area contributed by atoms with Crippen LogP contribution in [0.5, 0.6) is 0 Å². The molecule has 5 nitrogen and oxygen atoms in total. The molecule has 1 aliphatic rings. The minimum Gasteiger partial charge on any atom is -0.506 e. The average molecular weight is 162 g/mol. The van der Waals surface area contributed by atoms with Gasteiger partial charge in [0.2, 0.25) is 0 Å². The highest BCUT2D eigenvalue weighted by Crippen LogP contribution is 2.16. The van der Waals surface area contributed by atoms with Crippen molar-refractivity contribution in [2.45, 2.75) is 18.3 Å². The van der Waals surface area contributed by atoms with E-state index in [-0.39, 0.29) is 0 Å². The minimum atomic E-state index is -1.36. The molecule has 0 saturated heterocycles. The van der Waals surface area contributed by atoms with Crippen molar-refractivity contribution in [2.24, 2.45) is 0 Å². The van der Waals surface area contributed by atoms with Crippen LogP contribution in [0.25, 0.3) is 0 Å². The quantitative estimate of drug-likeness (QED) is 0.376. The Hall–Kier alpha value is -0.780. The molecule has 64 valence electrons. The van der Waals surface area contributed by atoms with Crippen molar-refractivity contribution >= 4 is 0 Å². The van der Waals surface area contributed by atoms with E-state index in [0.717, 1.165) is 6.26 Å². The first-order valence-electron chi connectivity index (χ1n) is 3.18. The summed E-state index contributed by atoms with van der Waals surface area (Å²) in [6, 6.07) is 0. The standard InChI is InChI=1S/C6H10O5/c7-1-4-6(10)5(9)3(8)2-11-4/h2,4-10H,1H2/t4-,5-,6-/m0/s1. The second kappa shape index (κ2) is 3.08. The Morgan fingerprint density at radius 3 is 2.64 bits per heavy atom. The molecule has 0 saturated carbocycles. The van der Waals surface area contributed by atoms with Gasteiger partial charge < -0.3 is 25.2 Å². The lowest BCUT2D eigenvalue weighted by atomic mass is 10.1. The number of ether oxygens (including phenoxy) is 1. The van der Waals surface area contributed by atoms with Crippen molar-refractivity contribution < 1.29 is 25.2 Å². The molecular weight excluding hydrogens is 152 g/mol. The number of rotatable bonds is 1. The maximum absolute atomic E-state index is 9.07. The molecule has 1 heterocycles. The van der Waals surface area contributed by atoms with Crippen molar-refractivity contribution in [1.29, 1.82) is 0 Å².